The molecular formula is C31H39N5O6. The van der Waals surface area contributed by atoms with Crippen molar-refractivity contribution in [1.82, 2.24) is 26.2 Å². The zero-order valence-electron chi connectivity index (χ0n) is 24.1. The lowest BCUT2D eigenvalue weighted by Gasteiger charge is -2.27. The van der Waals surface area contributed by atoms with Gasteiger partial charge in [0.25, 0.3) is 0 Å². The van der Waals surface area contributed by atoms with Crippen LogP contribution < -0.4 is 21.3 Å². The second-order valence-corrected chi connectivity index (χ2v) is 10.6. The van der Waals surface area contributed by atoms with Crippen LogP contribution in [0.15, 0.2) is 66.7 Å². The maximum absolute atomic E-state index is 13.4. The third-order valence-electron chi connectivity index (χ3n) is 6.79. The van der Waals surface area contributed by atoms with Crippen LogP contribution in [-0.4, -0.2) is 83.4 Å². The van der Waals surface area contributed by atoms with Crippen molar-refractivity contribution in [3.05, 3.63) is 77.9 Å². The summed E-state index contributed by atoms with van der Waals surface area (Å²) in [7, 11) is 0. The SMILES string of the molecule is CC(C)[C@H]1NC(=O)CN(C(=O)/C=C/c2ccccc2)CCNC(=O)[C@H]([C@@H](C)O)NC(=O)[C@H](Cc2ccccc2)NC1=O. The summed E-state index contributed by atoms with van der Waals surface area (Å²) in [5, 5.41) is 20.9. The average molecular weight is 578 g/mol. The maximum Gasteiger partial charge on any atom is 0.247 e. The van der Waals surface area contributed by atoms with Gasteiger partial charge in [-0.05, 0) is 30.0 Å². The van der Waals surface area contributed by atoms with Gasteiger partial charge in [0.15, 0.2) is 0 Å². The van der Waals surface area contributed by atoms with Crippen molar-refractivity contribution in [3.8, 4) is 0 Å². The number of hydrogen-bond donors (Lipinski definition) is 5. The van der Waals surface area contributed by atoms with Crippen LogP contribution >= 0.6 is 0 Å². The third kappa shape index (κ3) is 9.55. The smallest absolute Gasteiger partial charge is 0.247 e. The zero-order valence-corrected chi connectivity index (χ0v) is 24.1. The van der Waals surface area contributed by atoms with E-state index in [1.807, 2.05) is 36.4 Å². The van der Waals surface area contributed by atoms with Gasteiger partial charge < -0.3 is 31.3 Å². The molecule has 1 saturated heterocycles. The molecule has 5 N–H and O–H groups in total. The Morgan fingerprint density at radius 1 is 0.881 bits per heavy atom. The molecule has 0 radical (unpaired) electrons. The van der Waals surface area contributed by atoms with Gasteiger partial charge in [-0.25, -0.2) is 0 Å². The van der Waals surface area contributed by atoms with Crippen molar-refractivity contribution in [3.63, 3.8) is 0 Å². The summed E-state index contributed by atoms with van der Waals surface area (Å²) in [6.45, 7) is 4.42. The Bertz CT molecular complexity index is 1270. The van der Waals surface area contributed by atoms with E-state index in [2.05, 4.69) is 21.3 Å². The Kier molecular flexibility index (Phi) is 11.8. The van der Waals surface area contributed by atoms with Crippen LogP contribution in [0.5, 0.6) is 0 Å². The molecule has 2 aromatic rings. The van der Waals surface area contributed by atoms with Crippen LogP contribution in [0.25, 0.3) is 6.08 Å². The molecule has 1 aliphatic rings. The molecule has 0 unspecified atom stereocenters. The summed E-state index contributed by atoms with van der Waals surface area (Å²) in [6.07, 6.45) is 1.81. The van der Waals surface area contributed by atoms with Crippen LogP contribution in [0, 0.1) is 5.92 Å². The van der Waals surface area contributed by atoms with Crippen molar-refractivity contribution in [2.24, 2.45) is 5.92 Å². The third-order valence-corrected chi connectivity index (χ3v) is 6.79. The quantitative estimate of drug-likeness (QED) is 0.313. The van der Waals surface area contributed by atoms with E-state index in [0.717, 1.165) is 11.1 Å². The molecule has 42 heavy (non-hydrogen) atoms. The van der Waals surface area contributed by atoms with Crippen LogP contribution in [0.2, 0.25) is 0 Å². The standard InChI is InChI=1S/C31H39N5O6/c1-20(2)27-31(42)33-24(18-23-12-8-5-9-13-23)29(40)35-28(21(3)37)30(41)32-16-17-36(19-25(38)34-27)26(39)15-14-22-10-6-4-7-11-22/h4-15,20-21,24,27-28,37H,16-19H2,1-3H3,(H,32,41)(H,33,42)(H,34,38)(H,35,40)/b15-14+/t21-,24+,27-,28+/m1/s1. The highest BCUT2D eigenvalue weighted by atomic mass is 16.3. The second kappa shape index (κ2) is 15.5. The van der Waals surface area contributed by atoms with Gasteiger partial charge in [0.05, 0.1) is 12.6 Å². The highest BCUT2D eigenvalue weighted by Crippen LogP contribution is 2.09. The molecule has 5 amide bonds. The number of aliphatic hydroxyl groups excluding tert-OH is 1. The van der Waals surface area contributed by atoms with Crippen molar-refractivity contribution in [2.75, 3.05) is 19.6 Å². The molecule has 0 spiro atoms. The fraction of sp³-hybridized carbons (Fsp3) is 0.387. The largest absolute Gasteiger partial charge is 0.391 e. The van der Waals surface area contributed by atoms with Crippen LogP contribution in [0.3, 0.4) is 0 Å². The predicted octanol–water partition coefficient (Wildman–Crippen LogP) is 0.392. The van der Waals surface area contributed by atoms with E-state index in [4.69, 9.17) is 0 Å². The molecule has 1 fully saturated rings. The molecule has 0 aromatic heterocycles. The number of carbonyl (C=O) groups is 5. The number of aliphatic hydroxyl groups is 1. The fourth-order valence-electron chi connectivity index (χ4n) is 4.44. The van der Waals surface area contributed by atoms with E-state index < -0.39 is 53.8 Å². The number of amides is 5. The molecule has 224 valence electrons. The molecular weight excluding hydrogens is 538 g/mol. The fourth-order valence-corrected chi connectivity index (χ4v) is 4.44. The summed E-state index contributed by atoms with van der Waals surface area (Å²) >= 11 is 0. The number of rotatable bonds is 6. The minimum atomic E-state index is -1.32. The molecule has 1 aliphatic heterocycles. The summed E-state index contributed by atoms with van der Waals surface area (Å²) < 4.78 is 0. The maximum atomic E-state index is 13.4. The topological polar surface area (TPSA) is 157 Å². The summed E-state index contributed by atoms with van der Waals surface area (Å²) in [5.74, 6) is -3.32. The molecule has 0 bridgehead atoms. The second-order valence-electron chi connectivity index (χ2n) is 10.6. The number of hydrogen-bond acceptors (Lipinski definition) is 6. The monoisotopic (exact) mass is 577 g/mol. The summed E-state index contributed by atoms with van der Waals surface area (Å²) in [4.78, 5) is 67.2. The lowest BCUT2D eigenvalue weighted by molar-refractivity contribution is -0.135. The molecule has 11 nitrogen and oxygen atoms in total. The van der Waals surface area contributed by atoms with Gasteiger partial charge in [0, 0.05) is 25.6 Å². The lowest BCUT2D eigenvalue weighted by Crippen LogP contribution is -2.60. The Labute approximate surface area is 245 Å². The van der Waals surface area contributed by atoms with Crippen LogP contribution in [0.4, 0.5) is 0 Å². The minimum Gasteiger partial charge on any atom is -0.391 e. The van der Waals surface area contributed by atoms with Gasteiger partial charge in [0.2, 0.25) is 29.5 Å². The van der Waals surface area contributed by atoms with E-state index >= 15 is 0 Å². The van der Waals surface area contributed by atoms with Crippen LogP contribution in [-0.2, 0) is 30.4 Å². The molecule has 0 saturated carbocycles. The normalized spacial score (nSPS) is 21.9. The average Bonchev–Trinajstić information content (AvgIpc) is 2.96. The van der Waals surface area contributed by atoms with Crippen molar-refractivity contribution >= 4 is 35.6 Å². The van der Waals surface area contributed by atoms with Gasteiger partial charge in [-0.1, -0.05) is 74.5 Å². The predicted molar refractivity (Wildman–Crippen MR) is 158 cm³/mol. The van der Waals surface area contributed by atoms with Crippen molar-refractivity contribution < 1.29 is 29.1 Å². The molecule has 4 atom stereocenters. The van der Waals surface area contributed by atoms with E-state index in [-0.39, 0.29) is 32.0 Å². The molecule has 0 aliphatic carbocycles. The van der Waals surface area contributed by atoms with Gasteiger partial charge in [0.1, 0.15) is 18.1 Å². The lowest BCUT2D eigenvalue weighted by atomic mass is 10.0. The number of nitrogens with one attached hydrogen (secondary N) is 4. The Morgan fingerprint density at radius 2 is 1.52 bits per heavy atom. The first-order valence-electron chi connectivity index (χ1n) is 14.0. The molecule has 11 heteroatoms. The first kappa shape index (κ1) is 32.0. The summed E-state index contributed by atoms with van der Waals surface area (Å²) in [6, 6.07) is 14.8. The van der Waals surface area contributed by atoms with Gasteiger partial charge in [-0.3, -0.25) is 24.0 Å². The zero-order chi connectivity index (χ0) is 30.6. The Morgan fingerprint density at radius 3 is 2.14 bits per heavy atom. The summed E-state index contributed by atoms with van der Waals surface area (Å²) in [5.41, 5.74) is 1.55. The van der Waals surface area contributed by atoms with Crippen LogP contribution in [0.1, 0.15) is 31.9 Å². The van der Waals surface area contributed by atoms with E-state index in [0.29, 0.717) is 0 Å². The molecule has 1 heterocycles. The van der Waals surface area contributed by atoms with E-state index in [1.165, 1.54) is 17.9 Å². The number of carbonyl (C=O) groups excluding carboxylic acids is 5. The van der Waals surface area contributed by atoms with E-state index in [1.54, 1.807) is 44.2 Å². The Balaban J connectivity index is 1.90. The van der Waals surface area contributed by atoms with E-state index in [9.17, 15) is 29.1 Å². The number of nitrogens with zero attached hydrogens (tertiary/aromatic N) is 1. The molecule has 2 aromatic carbocycles. The number of benzene rings is 2. The first-order valence-corrected chi connectivity index (χ1v) is 14.0. The van der Waals surface area contributed by atoms with Gasteiger partial charge in [-0.2, -0.15) is 0 Å². The highest BCUT2D eigenvalue weighted by Gasteiger charge is 2.33. The van der Waals surface area contributed by atoms with Crippen molar-refractivity contribution in [2.45, 2.75) is 51.4 Å². The van der Waals surface area contributed by atoms with Crippen molar-refractivity contribution in [1.29, 1.82) is 0 Å². The first-order chi connectivity index (χ1) is 20.0. The highest BCUT2D eigenvalue weighted by molar-refractivity contribution is 5.97. The Hall–Kier alpha value is -4.51. The molecule has 3 rings (SSSR count). The van der Waals surface area contributed by atoms with Gasteiger partial charge >= 0.3 is 0 Å². The minimum absolute atomic E-state index is 0.0349. The van der Waals surface area contributed by atoms with Gasteiger partial charge in [-0.15, -0.1) is 0 Å².